The van der Waals surface area contributed by atoms with Crippen molar-refractivity contribution in [3.8, 4) is 5.75 Å². The largest absolute Gasteiger partial charge is 0.506 e. The molecule has 2 unspecified atom stereocenters. The van der Waals surface area contributed by atoms with Gasteiger partial charge >= 0.3 is 0 Å². The average molecular weight is 468 g/mol. The zero-order valence-corrected chi connectivity index (χ0v) is 19.5. The Morgan fingerprint density at radius 2 is 1.76 bits per heavy atom. The summed E-state index contributed by atoms with van der Waals surface area (Å²) in [6.45, 7) is 3.50. The molecule has 174 valence electrons. The van der Waals surface area contributed by atoms with Crippen molar-refractivity contribution in [3.63, 3.8) is 0 Å². The monoisotopic (exact) mass is 467 g/mol. The molecule has 8 heteroatoms. The highest BCUT2D eigenvalue weighted by atomic mass is 32.2. The molecule has 1 heterocycles. The van der Waals surface area contributed by atoms with E-state index < -0.39 is 16.2 Å². The van der Waals surface area contributed by atoms with E-state index in [0.29, 0.717) is 5.56 Å². The van der Waals surface area contributed by atoms with E-state index >= 15 is 0 Å². The van der Waals surface area contributed by atoms with Crippen LogP contribution in [0.4, 0.5) is 5.69 Å². The van der Waals surface area contributed by atoms with Gasteiger partial charge in [-0.2, -0.15) is 0 Å². The van der Waals surface area contributed by atoms with Gasteiger partial charge in [0.25, 0.3) is 0 Å². The smallest absolute Gasteiger partial charge is 0.184 e. The molecule has 33 heavy (non-hydrogen) atoms. The number of aromatic hydroxyl groups is 1. The Kier molecular flexibility index (Phi) is 6.71. The number of nitrogens with one attached hydrogen (secondary N) is 2. The van der Waals surface area contributed by atoms with E-state index in [1.54, 1.807) is 11.9 Å². The maximum Gasteiger partial charge on any atom is 0.184 e. The highest BCUT2D eigenvalue weighted by Crippen LogP contribution is 2.30. The summed E-state index contributed by atoms with van der Waals surface area (Å²) in [5.41, 5.74) is 4.30. The van der Waals surface area contributed by atoms with Crippen molar-refractivity contribution in [2.45, 2.75) is 43.1 Å². The third-order valence-corrected chi connectivity index (χ3v) is 7.84. The lowest BCUT2D eigenvalue weighted by Crippen LogP contribution is -2.39. The Balaban J connectivity index is 1.46. The lowest BCUT2D eigenvalue weighted by atomic mass is 10.1. The van der Waals surface area contributed by atoms with Gasteiger partial charge in [0.15, 0.2) is 16.2 Å². The molecule has 0 aliphatic carbocycles. The highest BCUT2D eigenvalue weighted by Gasteiger charge is 2.22. The minimum Gasteiger partial charge on any atom is -0.506 e. The minimum atomic E-state index is -3.65. The predicted molar refractivity (Wildman–Crippen MR) is 128 cm³/mol. The summed E-state index contributed by atoms with van der Waals surface area (Å²) < 4.78 is 25.9. The molecule has 2 atom stereocenters. The van der Waals surface area contributed by atoms with Gasteiger partial charge in [0.05, 0.1) is 16.3 Å². The number of anilines is 1. The summed E-state index contributed by atoms with van der Waals surface area (Å²) in [7, 11) is -1.88. The Bertz CT molecular complexity index is 1230. The van der Waals surface area contributed by atoms with Crippen LogP contribution in [-0.2, 0) is 28.7 Å². The molecule has 3 aromatic carbocycles. The second-order valence-electron chi connectivity index (χ2n) is 8.41. The number of rotatable bonds is 8. The van der Waals surface area contributed by atoms with Crippen molar-refractivity contribution in [1.29, 1.82) is 0 Å². The number of aliphatic hydroxyl groups excluding tert-OH is 1. The SMILES string of the molecule is CC(c1ccccc1)N(C)C(O)Nc1ccc(S(=O)(=O)Cc2ccc3c(c2)CNC3)cc1O. The molecule has 0 bridgehead atoms. The van der Waals surface area contributed by atoms with Crippen molar-refractivity contribution < 1.29 is 18.6 Å². The number of sulfone groups is 1. The zero-order chi connectivity index (χ0) is 23.6. The van der Waals surface area contributed by atoms with Gasteiger partial charge < -0.3 is 20.8 Å². The summed E-state index contributed by atoms with van der Waals surface area (Å²) in [4.78, 5) is 1.74. The Hall–Kier alpha value is -2.91. The van der Waals surface area contributed by atoms with Gasteiger partial charge in [-0.25, -0.2) is 8.42 Å². The Labute approximate surface area is 194 Å². The summed E-state index contributed by atoms with van der Waals surface area (Å²) in [6, 6.07) is 19.5. The van der Waals surface area contributed by atoms with Crippen LogP contribution in [-0.4, -0.2) is 36.9 Å². The number of aliphatic hydroxyl groups is 1. The minimum absolute atomic E-state index is 0.0321. The maximum atomic E-state index is 12.9. The van der Waals surface area contributed by atoms with E-state index in [9.17, 15) is 18.6 Å². The molecule has 0 aromatic heterocycles. The zero-order valence-electron chi connectivity index (χ0n) is 18.7. The van der Waals surface area contributed by atoms with Crippen LogP contribution in [0.25, 0.3) is 0 Å². The van der Waals surface area contributed by atoms with Crippen molar-refractivity contribution in [2.24, 2.45) is 0 Å². The van der Waals surface area contributed by atoms with Crippen LogP contribution in [0.3, 0.4) is 0 Å². The summed E-state index contributed by atoms with van der Waals surface area (Å²) >= 11 is 0. The average Bonchev–Trinajstić information content (AvgIpc) is 3.27. The van der Waals surface area contributed by atoms with Crippen LogP contribution in [0, 0.1) is 0 Å². The van der Waals surface area contributed by atoms with Crippen LogP contribution < -0.4 is 10.6 Å². The van der Waals surface area contributed by atoms with Crippen LogP contribution in [0.1, 0.15) is 35.2 Å². The third-order valence-electron chi connectivity index (χ3n) is 6.15. The van der Waals surface area contributed by atoms with Gasteiger partial charge in [-0.15, -0.1) is 0 Å². The number of nitrogens with zero attached hydrogens (tertiary/aromatic N) is 1. The Morgan fingerprint density at radius 3 is 2.48 bits per heavy atom. The molecular formula is C25H29N3O4S. The number of hydrogen-bond acceptors (Lipinski definition) is 7. The molecule has 3 aromatic rings. The molecule has 1 aliphatic rings. The van der Waals surface area contributed by atoms with E-state index in [1.165, 1.54) is 23.8 Å². The van der Waals surface area contributed by atoms with Crippen molar-refractivity contribution in [1.82, 2.24) is 10.2 Å². The normalized spacial score (nSPS) is 15.3. The van der Waals surface area contributed by atoms with Crippen LogP contribution in [0.5, 0.6) is 5.75 Å². The molecule has 0 fully saturated rings. The molecule has 4 N–H and O–H groups in total. The first-order valence-corrected chi connectivity index (χ1v) is 12.5. The summed E-state index contributed by atoms with van der Waals surface area (Å²) in [6.07, 6.45) is -1.09. The van der Waals surface area contributed by atoms with Crippen molar-refractivity contribution in [2.75, 3.05) is 12.4 Å². The van der Waals surface area contributed by atoms with Gasteiger partial charge in [0.2, 0.25) is 0 Å². The van der Waals surface area contributed by atoms with E-state index in [0.717, 1.165) is 24.2 Å². The molecule has 0 spiro atoms. The maximum absolute atomic E-state index is 12.9. The molecule has 1 aliphatic heterocycles. The first-order chi connectivity index (χ1) is 15.7. The van der Waals surface area contributed by atoms with E-state index in [1.807, 2.05) is 55.5 Å². The summed E-state index contributed by atoms with van der Waals surface area (Å²) in [5.74, 6) is -0.388. The lowest BCUT2D eigenvalue weighted by molar-refractivity contribution is 0.0198. The number of benzene rings is 3. The van der Waals surface area contributed by atoms with Crippen LogP contribution >= 0.6 is 0 Å². The first-order valence-electron chi connectivity index (χ1n) is 10.8. The number of phenolic OH excluding ortho intramolecular Hbond substituents is 1. The van der Waals surface area contributed by atoms with Gasteiger partial charge in [-0.3, -0.25) is 4.90 Å². The third kappa shape index (κ3) is 5.20. The Morgan fingerprint density at radius 1 is 1.03 bits per heavy atom. The first kappa shape index (κ1) is 23.3. The van der Waals surface area contributed by atoms with E-state index in [2.05, 4.69) is 10.6 Å². The van der Waals surface area contributed by atoms with Crippen LogP contribution in [0.15, 0.2) is 71.6 Å². The highest BCUT2D eigenvalue weighted by molar-refractivity contribution is 7.90. The topological polar surface area (TPSA) is 102 Å². The van der Waals surface area contributed by atoms with E-state index in [-0.39, 0.29) is 28.1 Å². The number of hydrogen-bond donors (Lipinski definition) is 4. The molecule has 0 amide bonds. The second kappa shape index (κ2) is 9.52. The molecule has 0 radical (unpaired) electrons. The van der Waals surface area contributed by atoms with Gasteiger partial charge in [0, 0.05) is 25.2 Å². The summed E-state index contributed by atoms with van der Waals surface area (Å²) in [5, 5.41) is 27.2. The standard InChI is InChI=1S/C25H29N3O4S/c1-17(19-6-4-3-5-7-19)28(2)25(30)27-23-11-10-22(13-24(23)29)33(31,32)16-18-8-9-20-14-26-15-21(20)12-18/h3-13,17,25-27,29-30H,14-16H2,1-2H3. The van der Waals surface area contributed by atoms with Crippen molar-refractivity contribution >= 4 is 15.5 Å². The molecule has 0 saturated heterocycles. The second-order valence-corrected chi connectivity index (χ2v) is 10.4. The van der Waals surface area contributed by atoms with Crippen LogP contribution in [0.2, 0.25) is 0 Å². The fourth-order valence-corrected chi connectivity index (χ4v) is 5.34. The predicted octanol–water partition coefficient (Wildman–Crippen LogP) is 3.35. The number of fused-ring (bicyclic) bond motifs is 1. The molecule has 0 saturated carbocycles. The fourth-order valence-electron chi connectivity index (χ4n) is 3.99. The quantitative estimate of drug-likeness (QED) is 0.298. The molecule has 7 nitrogen and oxygen atoms in total. The van der Waals surface area contributed by atoms with Gasteiger partial charge in [-0.05, 0) is 48.4 Å². The lowest BCUT2D eigenvalue weighted by Gasteiger charge is -2.31. The van der Waals surface area contributed by atoms with Crippen molar-refractivity contribution in [3.05, 3.63) is 89.0 Å². The van der Waals surface area contributed by atoms with Gasteiger partial charge in [0.1, 0.15) is 5.75 Å². The number of phenols is 1. The van der Waals surface area contributed by atoms with E-state index in [4.69, 9.17) is 0 Å². The molecule has 4 rings (SSSR count). The fraction of sp³-hybridized carbons (Fsp3) is 0.280. The van der Waals surface area contributed by atoms with Gasteiger partial charge in [-0.1, -0.05) is 48.5 Å². The molecular weight excluding hydrogens is 438 g/mol.